The molecule has 2 aromatic rings. The third kappa shape index (κ3) is 5.39. The number of rotatable bonds is 7. The summed E-state index contributed by atoms with van der Waals surface area (Å²) in [6.07, 6.45) is 0.234. The van der Waals surface area contributed by atoms with Crippen molar-refractivity contribution >= 4 is 34.9 Å². The van der Waals surface area contributed by atoms with Crippen LogP contribution in [0.1, 0.15) is 16.8 Å². The lowest BCUT2D eigenvalue weighted by Gasteiger charge is -2.11. The van der Waals surface area contributed by atoms with Crippen molar-refractivity contribution in [3.05, 3.63) is 53.1 Å². The van der Waals surface area contributed by atoms with E-state index in [1.165, 1.54) is 14.2 Å². The number of amides is 1. The van der Waals surface area contributed by atoms with E-state index >= 15 is 0 Å². The number of ether oxygens (including phenoxy) is 2. The molecule has 0 aliphatic rings. The molecule has 132 valence electrons. The minimum Gasteiger partial charge on any atom is -0.495 e. The molecule has 0 heterocycles. The van der Waals surface area contributed by atoms with Gasteiger partial charge in [-0.2, -0.15) is 0 Å². The Kier molecular flexibility index (Phi) is 6.65. The number of carbonyl (C=O) groups is 2. The summed E-state index contributed by atoms with van der Waals surface area (Å²) < 4.78 is 9.87. The Hall–Kier alpha value is -2.73. The van der Waals surface area contributed by atoms with E-state index in [4.69, 9.17) is 16.3 Å². The Balaban J connectivity index is 1.89. The monoisotopic (exact) mass is 362 g/mol. The molecule has 0 unspecified atom stereocenters. The van der Waals surface area contributed by atoms with Crippen molar-refractivity contribution in [2.45, 2.75) is 6.42 Å². The lowest BCUT2D eigenvalue weighted by molar-refractivity contribution is -0.116. The molecule has 0 spiro atoms. The lowest BCUT2D eigenvalue weighted by atomic mass is 10.2. The first-order valence-corrected chi connectivity index (χ1v) is 7.97. The maximum absolute atomic E-state index is 12.1. The molecule has 2 aromatic carbocycles. The quantitative estimate of drug-likeness (QED) is 0.736. The third-order valence-electron chi connectivity index (χ3n) is 3.40. The summed E-state index contributed by atoms with van der Waals surface area (Å²) in [5.41, 5.74) is 1.70. The average molecular weight is 363 g/mol. The molecule has 0 aliphatic heterocycles. The van der Waals surface area contributed by atoms with Gasteiger partial charge in [-0.25, -0.2) is 4.79 Å². The van der Waals surface area contributed by atoms with Crippen molar-refractivity contribution in [1.82, 2.24) is 0 Å². The summed E-state index contributed by atoms with van der Waals surface area (Å²) in [5.74, 6) is -0.0527. The molecule has 2 rings (SSSR count). The Bertz CT molecular complexity index is 764. The zero-order valence-electron chi connectivity index (χ0n) is 14.0. The van der Waals surface area contributed by atoms with Gasteiger partial charge in [0.1, 0.15) is 5.75 Å². The van der Waals surface area contributed by atoms with E-state index in [1.807, 2.05) is 6.07 Å². The SMILES string of the molecule is COC(=O)c1cccc(NCCC(=O)Nc2cc(Cl)ccc2OC)c1. The van der Waals surface area contributed by atoms with E-state index in [0.717, 1.165) is 5.69 Å². The fourth-order valence-electron chi connectivity index (χ4n) is 2.18. The van der Waals surface area contributed by atoms with Gasteiger partial charge in [0.2, 0.25) is 5.91 Å². The highest BCUT2D eigenvalue weighted by molar-refractivity contribution is 6.31. The van der Waals surface area contributed by atoms with Crippen LogP contribution in [0.5, 0.6) is 5.75 Å². The molecule has 7 heteroatoms. The van der Waals surface area contributed by atoms with E-state index in [1.54, 1.807) is 36.4 Å². The van der Waals surface area contributed by atoms with Gasteiger partial charge in [0, 0.05) is 23.7 Å². The van der Waals surface area contributed by atoms with E-state index in [-0.39, 0.29) is 12.3 Å². The Morgan fingerprint density at radius 3 is 2.64 bits per heavy atom. The second-order valence-electron chi connectivity index (χ2n) is 5.14. The molecular formula is C18H19ClN2O4. The van der Waals surface area contributed by atoms with Gasteiger partial charge >= 0.3 is 5.97 Å². The minimum absolute atomic E-state index is 0.183. The molecule has 25 heavy (non-hydrogen) atoms. The smallest absolute Gasteiger partial charge is 0.337 e. The van der Waals surface area contributed by atoms with Crippen LogP contribution < -0.4 is 15.4 Å². The maximum atomic E-state index is 12.1. The maximum Gasteiger partial charge on any atom is 0.337 e. The predicted octanol–water partition coefficient (Wildman–Crippen LogP) is 3.58. The fourth-order valence-corrected chi connectivity index (χ4v) is 2.36. The molecule has 0 aliphatic carbocycles. The van der Waals surface area contributed by atoms with Crippen LogP contribution in [0.15, 0.2) is 42.5 Å². The highest BCUT2D eigenvalue weighted by atomic mass is 35.5. The topological polar surface area (TPSA) is 76.7 Å². The third-order valence-corrected chi connectivity index (χ3v) is 3.64. The van der Waals surface area contributed by atoms with E-state index < -0.39 is 5.97 Å². The van der Waals surface area contributed by atoms with E-state index in [2.05, 4.69) is 15.4 Å². The zero-order valence-corrected chi connectivity index (χ0v) is 14.7. The molecule has 6 nitrogen and oxygen atoms in total. The van der Waals surface area contributed by atoms with Crippen LogP contribution in [0.25, 0.3) is 0 Å². The normalized spacial score (nSPS) is 10.0. The molecule has 1 amide bonds. The lowest BCUT2D eigenvalue weighted by Crippen LogP contribution is -2.16. The highest BCUT2D eigenvalue weighted by Gasteiger charge is 2.09. The van der Waals surface area contributed by atoms with Gasteiger partial charge in [-0.3, -0.25) is 4.79 Å². The van der Waals surface area contributed by atoms with Gasteiger partial charge < -0.3 is 20.1 Å². The molecule has 0 radical (unpaired) electrons. The standard InChI is InChI=1S/C18H19ClN2O4/c1-24-16-7-6-13(19)11-15(16)21-17(22)8-9-20-14-5-3-4-12(10-14)18(23)25-2/h3-7,10-11,20H,8-9H2,1-2H3,(H,21,22). The van der Waals surface area contributed by atoms with Crippen LogP contribution in [0.2, 0.25) is 5.02 Å². The van der Waals surface area contributed by atoms with Crippen molar-refractivity contribution in [2.24, 2.45) is 0 Å². The number of hydrogen-bond acceptors (Lipinski definition) is 5. The molecule has 0 bridgehead atoms. The first-order chi connectivity index (χ1) is 12.0. The Morgan fingerprint density at radius 2 is 1.92 bits per heavy atom. The van der Waals surface area contributed by atoms with Crippen LogP contribution in [0.4, 0.5) is 11.4 Å². The number of benzene rings is 2. The second-order valence-corrected chi connectivity index (χ2v) is 5.58. The van der Waals surface area contributed by atoms with Crippen LogP contribution in [-0.2, 0) is 9.53 Å². The van der Waals surface area contributed by atoms with Gasteiger partial charge in [-0.05, 0) is 36.4 Å². The van der Waals surface area contributed by atoms with Crippen LogP contribution in [-0.4, -0.2) is 32.6 Å². The van der Waals surface area contributed by atoms with E-state index in [0.29, 0.717) is 28.6 Å². The average Bonchev–Trinajstić information content (AvgIpc) is 2.61. The van der Waals surface area contributed by atoms with Crippen molar-refractivity contribution < 1.29 is 19.1 Å². The van der Waals surface area contributed by atoms with Crippen LogP contribution in [0.3, 0.4) is 0 Å². The number of halogens is 1. The number of carbonyl (C=O) groups excluding carboxylic acids is 2. The first-order valence-electron chi connectivity index (χ1n) is 7.59. The van der Waals surface area contributed by atoms with Crippen molar-refractivity contribution in [3.63, 3.8) is 0 Å². The summed E-state index contributed by atoms with van der Waals surface area (Å²) in [6.45, 7) is 0.402. The van der Waals surface area contributed by atoms with Crippen LogP contribution >= 0.6 is 11.6 Å². The first kappa shape index (κ1) is 18.6. The minimum atomic E-state index is -0.408. The fraction of sp³-hybridized carbons (Fsp3) is 0.222. The predicted molar refractivity (Wildman–Crippen MR) is 97.5 cm³/mol. The van der Waals surface area contributed by atoms with Gasteiger partial charge in [0.15, 0.2) is 0 Å². The zero-order chi connectivity index (χ0) is 18.2. The molecule has 0 saturated carbocycles. The van der Waals surface area contributed by atoms with Gasteiger partial charge in [0.05, 0.1) is 25.5 Å². The molecule has 0 saturated heterocycles. The summed E-state index contributed by atoms with van der Waals surface area (Å²) in [6, 6.07) is 11.9. The van der Waals surface area contributed by atoms with E-state index in [9.17, 15) is 9.59 Å². The van der Waals surface area contributed by atoms with Crippen molar-refractivity contribution in [2.75, 3.05) is 31.4 Å². The summed E-state index contributed by atoms with van der Waals surface area (Å²) >= 11 is 5.94. The summed E-state index contributed by atoms with van der Waals surface area (Å²) in [7, 11) is 2.85. The van der Waals surface area contributed by atoms with Crippen molar-refractivity contribution in [1.29, 1.82) is 0 Å². The number of hydrogen-bond donors (Lipinski definition) is 2. The number of nitrogens with one attached hydrogen (secondary N) is 2. The Morgan fingerprint density at radius 1 is 1.12 bits per heavy atom. The van der Waals surface area contributed by atoms with Crippen LogP contribution in [0, 0.1) is 0 Å². The van der Waals surface area contributed by atoms with Gasteiger partial charge in [-0.1, -0.05) is 17.7 Å². The Labute approximate surface area is 151 Å². The molecule has 0 aromatic heterocycles. The molecule has 0 fully saturated rings. The number of esters is 1. The summed E-state index contributed by atoms with van der Waals surface area (Å²) in [4.78, 5) is 23.6. The van der Waals surface area contributed by atoms with Crippen molar-refractivity contribution in [3.8, 4) is 5.75 Å². The second kappa shape index (κ2) is 8.94. The largest absolute Gasteiger partial charge is 0.495 e. The molecular weight excluding hydrogens is 344 g/mol. The molecule has 2 N–H and O–H groups in total. The van der Waals surface area contributed by atoms with Gasteiger partial charge in [0.25, 0.3) is 0 Å². The highest BCUT2D eigenvalue weighted by Crippen LogP contribution is 2.27. The summed E-state index contributed by atoms with van der Waals surface area (Å²) in [5, 5.41) is 6.37. The number of methoxy groups -OCH3 is 2. The molecule has 0 atom stereocenters. The number of anilines is 2. The van der Waals surface area contributed by atoms with Gasteiger partial charge in [-0.15, -0.1) is 0 Å².